The van der Waals surface area contributed by atoms with Gasteiger partial charge < -0.3 is 5.32 Å². The Balaban J connectivity index is 2.84. The Labute approximate surface area is 128 Å². The average Bonchev–Trinajstić information content (AvgIpc) is 2.38. The highest BCUT2D eigenvalue weighted by Crippen LogP contribution is 2.20. The van der Waals surface area contributed by atoms with Gasteiger partial charge in [0.15, 0.2) is 0 Å². The Bertz CT molecular complexity index is 587. The van der Waals surface area contributed by atoms with Crippen molar-refractivity contribution in [3.8, 4) is 0 Å². The van der Waals surface area contributed by atoms with E-state index in [0.717, 1.165) is 16.5 Å². The molecule has 20 heavy (non-hydrogen) atoms. The topological polar surface area (TPSA) is 75.3 Å². The van der Waals surface area contributed by atoms with E-state index < -0.39 is 16.1 Å². The van der Waals surface area contributed by atoms with Crippen LogP contribution in [-0.4, -0.2) is 26.9 Å². The maximum Gasteiger partial charge on any atom is 0.241 e. The number of rotatable bonds is 6. The molecule has 0 saturated carbocycles. The van der Waals surface area contributed by atoms with Crippen LogP contribution >= 0.6 is 15.9 Å². The van der Waals surface area contributed by atoms with E-state index in [1.807, 2.05) is 6.92 Å². The summed E-state index contributed by atoms with van der Waals surface area (Å²) in [6.45, 7) is 5.79. The van der Waals surface area contributed by atoms with Crippen molar-refractivity contribution in [2.75, 3.05) is 6.54 Å². The first-order valence-corrected chi connectivity index (χ1v) is 8.61. The fourth-order valence-electron chi connectivity index (χ4n) is 1.54. The van der Waals surface area contributed by atoms with Crippen molar-refractivity contribution in [3.05, 3.63) is 28.2 Å². The Hall–Kier alpha value is -0.920. The van der Waals surface area contributed by atoms with Gasteiger partial charge >= 0.3 is 0 Å². The van der Waals surface area contributed by atoms with Gasteiger partial charge in [-0.15, -0.1) is 0 Å². The molecule has 0 aliphatic carbocycles. The van der Waals surface area contributed by atoms with Crippen molar-refractivity contribution >= 4 is 31.9 Å². The zero-order valence-corrected chi connectivity index (χ0v) is 14.1. The molecule has 0 unspecified atom stereocenters. The molecule has 1 amide bonds. The lowest BCUT2D eigenvalue weighted by atomic mass is 10.2. The number of carbonyl (C=O) groups excluding carboxylic acids is 1. The molecule has 1 atom stereocenters. The smallest absolute Gasteiger partial charge is 0.241 e. The first-order valence-electron chi connectivity index (χ1n) is 6.34. The van der Waals surface area contributed by atoms with Crippen LogP contribution in [-0.2, 0) is 14.8 Å². The van der Waals surface area contributed by atoms with Crippen molar-refractivity contribution in [3.63, 3.8) is 0 Å². The van der Waals surface area contributed by atoms with Crippen molar-refractivity contribution in [2.45, 2.75) is 38.1 Å². The number of sulfonamides is 1. The standard InChI is InChI=1S/C13H19BrN2O3S/c1-4-7-15-13(17)10(3)16-20(18,19)11-5-6-12(14)9(2)8-11/h5-6,8,10,16H,4,7H2,1-3H3,(H,15,17)/t10-/m0/s1. The van der Waals surface area contributed by atoms with Crippen LogP contribution < -0.4 is 10.0 Å². The summed E-state index contributed by atoms with van der Waals surface area (Å²) in [7, 11) is -3.70. The quantitative estimate of drug-likeness (QED) is 0.811. The highest BCUT2D eigenvalue weighted by Gasteiger charge is 2.22. The van der Waals surface area contributed by atoms with E-state index in [4.69, 9.17) is 0 Å². The van der Waals surface area contributed by atoms with Gasteiger partial charge in [-0.2, -0.15) is 4.72 Å². The van der Waals surface area contributed by atoms with Crippen LogP contribution in [0.2, 0.25) is 0 Å². The van der Waals surface area contributed by atoms with E-state index in [-0.39, 0.29) is 10.8 Å². The van der Waals surface area contributed by atoms with Gasteiger partial charge in [-0.1, -0.05) is 22.9 Å². The van der Waals surface area contributed by atoms with Crippen LogP contribution in [0, 0.1) is 6.92 Å². The Morgan fingerprint density at radius 3 is 2.60 bits per heavy atom. The molecule has 0 fully saturated rings. The zero-order chi connectivity index (χ0) is 15.3. The summed E-state index contributed by atoms with van der Waals surface area (Å²) in [6.07, 6.45) is 0.803. The summed E-state index contributed by atoms with van der Waals surface area (Å²) >= 11 is 3.32. The minimum absolute atomic E-state index is 0.147. The summed E-state index contributed by atoms with van der Waals surface area (Å²) in [4.78, 5) is 11.8. The lowest BCUT2D eigenvalue weighted by molar-refractivity contribution is -0.122. The predicted molar refractivity (Wildman–Crippen MR) is 82.0 cm³/mol. The van der Waals surface area contributed by atoms with Gasteiger partial charge in [0.1, 0.15) is 0 Å². The number of nitrogens with one attached hydrogen (secondary N) is 2. The van der Waals surface area contributed by atoms with E-state index in [9.17, 15) is 13.2 Å². The second-order valence-corrected chi connectivity index (χ2v) is 7.11. The molecular weight excluding hydrogens is 344 g/mol. The number of hydrogen-bond donors (Lipinski definition) is 2. The second-order valence-electron chi connectivity index (χ2n) is 4.54. The van der Waals surface area contributed by atoms with Crippen molar-refractivity contribution in [1.82, 2.24) is 10.0 Å². The molecule has 0 aliphatic heterocycles. The van der Waals surface area contributed by atoms with Crippen molar-refractivity contribution in [1.29, 1.82) is 0 Å². The van der Waals surface area contributed by atoms with Gasteiger partial charge in [0.05, 0.1) is 10.9 Å². The van der Waals surface area contributed by atoms with Crippen LogP contribution in [0.1, 0.15) is 25.8 Å². The summed E-state index contributed by atoms with van der Waals surface area (Å²) in [5.41, 5.74) is 0.816. The number of hydrogen-bond acceptors (Lipinski definition) is 3. The van der Waals surface area contributed by atoms with E-state index >= 15 is 0 Å². The van der Waals surface area contributed by atoms with E-state index in [2.05, 4.69) is 26.0 Å². The van der Waals surface area contributed by atoms with Crippen LogP contribution in [0.3, 0.4) is 0 Å². The molecule has 2 N–H and O–H groups in total. The molecule has 1 aromatic rings. The maximum absolute atomic E-state index is 12.2. The van der Waals surface area contributed by atoms with Crippen LogP contribution in [0.15, 0.2) is 27.6 Å². The summed E-state index contributed by atoms with van der Waals surface area (Å²) < 4.78 is 27.6. The lowest BCUT2D eigenvalue weighted by Gasteiger charge is -2.14. The van der Waals surface area contributed by atoms with E-state index in [1.165, 1.54) is 13.0 Å². The average molecular weight is 363 g/mol. The molecule has 0 aromatic heterocycles. The fourth-order valence-corrected chi connectivity index (χ4v) is 3.07. The molecule has 1 aromatic carbocycles. The van der Waals surface area contributed by atoms with Gasteiger partial charge in [0, 0.05) is 11.0 Å². The molecule has 7 heteroatoms. The number of aryl methyl sites for hydroxylation is 1. The van der Waals surface area contributed by atoms with Gasteiger partial charge in [0.2, 0.25) is 15.9 Å². The van der Waals surface area contributed by atoms with E-state index in [1.54, 1.807) is 19.1 Å². The molecular formula is C13H19BrN2O3S. The zero-order valence-electron chi connectivity index (χ0n) is 11.7. The van der Waals surface area contributed by atoms with Crippen molar-refractivity contribution < 1.29 is 13.2 Å². The maximum atomic E-state index is 12.2. The summed E-state index contributed by atoms with van der Waals surface area (Å²) in [5, 5.41) is 2.65. The molecule has 1 rings (SSSR count). The molecule has 5 nitrogen and oxygen atoms in total. The molecule has 0 bridgehead atoms. The molecule has 0 saturated heterocycles. The number of halogens is 1. The van der Waals surface area contributed by atoms with Crippen molar-refractivity contribution in [2.24, 2.45) is 0 Å². The van der Waals surface area contributed by atoms with Gasteiger partial charge in [-0.25, -0.2) is 8.42 Å². The number of amides is 1. The third-order valence-corrected chi connectivity index (χ3v) is 5.14. The van der Waals surface area contributed by atoms with Crippen LogP contribution in [0.5, 0.6) is 0 Å². The highest BCUT2D eigenvalue weighted by atomic mass is 79.9. The minimum Gasteiger partial charge on any atom is -0.355 e. The molecule has 0 radical (unpaired) electrons. The normalized spacial score (nSPS) is 13.0. The molecule has 0 heterocycles. The monoisotopic (exact) mass is 362 g/mol. The van der Waals surface area contributed by atoms with Gasteiger partial charge in [-0.3, -0.25) is 4.79 Å². The largest absolute Gasteiger partial charge is 0.355 e. The lowest BCUT2D eigenvalue weighted by Crippen LogP contribution is -2.44. The Morgan fingerprint density at radius 1 is 1.40 bits per heavy atom. The SMILES string of the molecule is CCCNC(=O)[C@H](C)NS(=O)(=O)c1ccc(Br)c(C)c1. The second kappa shape index (κ2) is 7.19. The third kappa shape index (κ3) is 4.57. The first kappa shape index (κ1) is 17.1. The molecule has 0 aliphatic rings. The number of carbonyl (C=O) groups is 1. The van der Waals surface area contributed by atoms with E-state index in [0.29, 0.717) is 6.54 Å². The first-order chi connectivity index (χ1) is 9.27. The molecule has 0 spiro atoms. The Morgan fingerprint density at radius 2 is 2.05 bits per heavy atom. The third-order valence-electron chi connectivity index (χ3n) is 2.71. The Kier molecular flexibility index (Phi) is 6.16. The summed E-state index contributed by atoms with van der Waals surface area (Å²) in [6, 6.07) is 3.92. The number of benzene rings is 1. The van der Waals surface area contributed by atoms with Crippen LogP contribution in [0.4, 0.5) is 0 Å². The van der Waals surface area contributed by atoms with Crippen LogP contribution in [0.25, 0.3) is 0 Å². The fraction of sp³-hybridized carbons (Fsp3) is 0.462. The summed E-state index contributed by atoms with van der Waals surface area (Å²) in [5.74, 6) is -0.329. The highest BCUT2D eigenvalue weighted by molar-refractivity contribution is 9.10. The van der Waals surface area contributed by atoms with Gasteiger partial charge in [-0.05, 0) is 44.0 Å². The minimum atomic E-state index is -3.70. The predicted octanol–water partition coefficient (Wildman–Crippen LogP) is 1.95. The van der Waals surface area contributed by atoms with Gasteiger partial charge in [0.25, 0.3) is 0 Å². The molecule has 112 valence electrons.